The van der Waals surface area contributed by atoms with Crippen molar-refractivity contribution >= 4 is 43.2 Å². The van der Waals surface area contributed by atoms with E-state index in [1.165, 1.54) is 0 Å². The quantitative estimate of drug-likeness (QED) is 0.699. The first kappa shape index (κ1) is 16.6. The van der Waals surface area contributed by atoms with Crippen molar-refractivity contribution in [2.24, 2.45) is 0 Å². The van der Waals surface area contributed by atoms with Crippen LogP contribution in [-0.4, -0.2) is 38.0 Å². The third kappa shape index (κ3) is 2.85. The lowest BCUT2D eigenvalue weighted by Crippen LogP contribution is -2.37. The standard InChI is InChI=1S/C18H17BrN2O3S/c1-12-3-2-4-15(9-12)21-17-11-25(23,24)10-16(17)20(18(21)22)14-7-5-13(19)6-8-14/h2-9,16-17H,10-11H2,1H3/t16-,17-/m1/s1. The molecule has 2 atom stereocenters. The molecule has 2 aromatic rings. The third-order valence-corrected chi connectivity index (χ3v) is 6.98. The molecule has 2 heterocycles. The number of amides is 2. The molecule has 7 heteroatoms. The van der Waals surface area contributed by atoms with E-state index < -0.39 is 9.84 Å². The number of fused-ring (bicyclic) bond motifs is 1. The number of nitrogens with zero attached hydrogens (tertiary/aromatic N) is 2. The number of sulfone groups is 1. The third-order valence-electron chi connectivity index (χ3n) is 4.75. The molecule has 4 rings (SSSR count). The zero-order chi connectivity index (χ0) is 17.8. The predicted molar refractivity (Wildman–Crippen MR) is 102 cm³/mol. The number of benzene rings is 2. The highest BCUT2D eigenvalue weighted by molar-refractivity contribution is 9.10. The van der Waals surface area contributed by atoms with E-state index in [1.54, 1.807) is 9.80 Å². The van der Waals surface area contributed by atoms with Crippen molar-refractivity contribution < 1.29 is 13.2 Å². The molecule has 2 amide bonds. The van der Waals surface area contributed by atoms with Crippen LogP contribution < -0.4 is 9.80 Å². The van der Waals surface area contributed by atoms with Gasteiger partial charge in [-0.15, -0.1) is 0 Å². The van der Waals surface area contributed by atoms with Gasteiger partial charge in [0.1, 0.15) is 0 Å². The normalized spacial score (nSPS) is 24.6. The van der Waals surface area contributed by atoms with Gasteiger partial charge in [-0.3, -0.25) is 9.80 Å². The SMILES string of the molecule is Cc1cccc(N2C(=O)N(c3ccc(Br)cc3)[C@@H]3CS(=O)(=O)C[C@H]32)c1. The first-order valence-electron chi connectivity index (χ1n) is 8.01. The van der Waals surface area contributed by atoms with Crippen molar-refractivity contribution in [2.75, 3.05) is 21.3 Å². The maximum atomic E-state index is 13.2. The van der Waals surface area contributed by atoms with Gasteiger partial charge in [0.25, 0.3) is 0 Å². The highest BCUT2D eigenvalue weighted by atomic mass is 79.9. The summed E-state index contributed by atoms with van der Waals surface area (Å²) < 4.78 is 25.4. The largest absolute Gasteiger partial charge is 0.329 e. The monoisotopic (exact) mass is 420 g/mol. The van der Waals surface area contributed by atoms with Crippen LogP contribution in [0.5, 0.6) is 0 Å². The highest BCUT2D eigenvalue weighted by Crippen LogP contribution is 2.38. The number of aryl methyl sites for hydroxylation is 1. The Hall–Kier alpha value is -1.86. The number of urea groups is 1. The summed E-state index contributed by atoms with van der Waals surface area (Å²) in [4.78, 5) is 16.4. The van der Waals surface area contributed by atoms with Gasteiger partial charge in [0.05, 0.1) is 23.6 Å². The van der Waals surface area contributed by atoms with Gasteiger partial charge in [0, 0.05) is 15.8 Å². The van der Waals surface area contributed by atoms with Crippen molar-refractivity contribution in [1.29, 1.82) is 0 Å². The van der Waals surface area contributed by atoms with Crippen LogP contribution in [0.4, 0.5) is 16.2 Å². The summed E-state index contributed by atoms with van der Waals surface area (Å²) in [6, 6.07) is 14.1. The second-order valence-corrected chi connectivity index (χ2v) is 9.62. The van der Waals surface area contributed by atoms with Crippen LogP contribution in [0.3, 0.4) is 0 Å². The van der Waals surface area contributed by atoms with Crippen molar-refractivity contribution in [3.63, 3.8) is 0 Å². The molecule has 0 radical (unpaired) electrons. The number of hydrogen-bond donors (Lipinski definition) is 0. The van der Waals surface area contributed by atoms with E-state index in [4.69, 9.17) is 0 Å². The summed E-state index contributed by atoms with van der Waals surface area (Å²) >= 11 is 3.39. The van der Waals surface area contributed by atoms with Crippen LogP contribution >= 0.6 is 15.9 Å². The molecule has 0 aromatic heterocycles. The maximum Gasteiger partial charge on any atom is 0.329 e. The minimum Gasteiger partial charge on any atom is -0.288 e. The van der Waals surface area contributed by atoms with Crippen LogP contribution in [0.15, 0.2) is 53.0 Å². The van der Waals surface area contributed by atoms with Gasteiger partial charge in [-0.2, -0.15) is 0 Å². The maximum absolute atomic E-state index is 13.2. The van der Waals surface area contributed by atoms with Crippen LogP contribution in [-0.2, 0) is 9.84 Å². The molecule has 2 fully saturated rings. The Morgan fingerprint density at radius 3 is 2.16 bits per heavy atom. The van der Waals surface area contributed by atoms with E-state index in [0.29, 0.717) is 0 Å². The Labute approximate surface area is 155 Å². The molecular formula is C18H17BrN2O3S. The van der Waals surface area contributed by atoms with Gasteiger partial charge in [-0.05, 0) is 48.9 Å². The lowest BCUT2D eigenvalue weighted by Gasteiger charge is -2.23. The van der Waals surface area contributed by atoms with Crippen LogP contribution in [0.2, 0.25) is 0 Å². The molecule has 0 saturated carbocycles. The molecule has 0 aliphatic carbocycles. The van der Waals surface area contributed by atoms with Crippen molar-refractivity contribution in [3.8, 4) is 0 Å². The van der Waals surface area contributed by atoms with Crippen molar-refractivity contribution in [3.05, 3.63) is 58.6 Å². The van der Waals surface area contributed by atoms with Gasteiger partial charge in [-0.25, -0.2) is 13.2 Å². The number of hydrogen-bond acceptors (Lipinski definition) is 3. The van der Waals surface area contributed by atoms with E-state index in [0.717, 1.165) is 21.4 Å². The van der Waals surface area contributed by atoms with E-state index in [-0.39, 0.29) is 29.6 Å². The Balaban J connectivity index is 1.81. The zero-order valence-corrected chi connectivity index (χ0v) is 16.0. The molecule has 2 saturated heterocycles. The predicted octanol–water partition coefficient (Wildman–Crippen LogP) is 3.37. The Morgan fingerprint density at radius 2 is 1.56 bits per heavy atom. The van der Waals surface area contributed by atoms with Gasteiger partial charge in [-0.1, -0.05) is 28.1 Å². The Kier molecular flexibility index (Phi) is 3.88. The fraction of sp³-hybridized carbons (Fsp3) is 0.278. The average molecular weight is 421 g/mol. The van der Waals surface area contributed by atoms with E-state index in [1.807, 2.05) is 55.5 Å². The van der Waals surface area contributed by atoms with Crippen LogP contribution in [0.25, 0.3) is 0 Å². The molecule has 0 spiro atoms. The summed E-state index contributed by atoms with van der Waals surface area (Å²) in [5.41, 5.74) is 2.50. The van der Waals surface area contributed by atoms with E-state index in [9.17, 15) is 13.2 Å². The molecule has 130 valence electrons. The van der Waals surface area contributed by atoms with Gasteiger partial charge in [0.2, 0.25) is 0 Å². The molecule has 0 bridgehead atoms. The molecule has 2 aliphatic rings. The smallest absolute Gasteiger partial charge is 0.288 e. The Morgan fingerprint density at radius 1 is 0.960 bits per heavy atom. The van der Waals surface area contributed by atoms with Crippen molar-refractivity contribution in [1.82, 2.24) is 0 Å². The first-order chi connectivity index (χ1) is 11.9. The fourth-order valence-electron chi connectivity index (χ4n) is 3.69. The molecule has 5 nitrogen and oxygen atoms in total. The molecule has 2 aromatic carbocycles. The Bertz CT molecular complexity index is 943. The minimum absolute atomic E-state index is 0.00177. The van der Waals surface area contributed by atoms with Gasteiger partial charge < -0.3 is 0 Å². The summed E-state index contributed by atoms with van der Waals surface area (Å²) in [5.74, 6) is 0.00611. The molecule has 2 aliphatic heterocycles. The summed E-state index contributed by atoms with van der Waals surface area (Å²) in [6.07, 6.45) is 0. The van der Waals surface area contributed by atoms with Crippen LogP contribution in [0, 0.1) is 6.92 Å². The van der Waals surface area contributed by atoms with E-state index in [2.05, 4.69) is 15.9 Å². The second-order valence-electron chi connectivity index (χ2n) is 6.55. The second kappa shape index (κ2) is 5.85. The van der Waals surface area contributed by atoms with E-state index >= 15 is 0 Å². The molecular weight excluding hydrogens is 404 g/mol. The molecule has 25 heavy (non-hydrogen) atoms. The van der Waals surface area contributed by atoms with Crippen LogP contribution in [0.1, 0.15) is 5.56 Å². The zero-order valence-electron chi connectivity index (χ0n) is 13.6. The number of carbonyl (C=O) groups excluding carboxylic acids is 1. The number of halogens is 1. The lowest BCUT2D eigenvalue weighted by atomic mass is 10.1. The number of rotatable bonds is 2. The fourth-order valence-corrected chi connectivity index (χ4v) is 5.87. The average Bonchev–Trinajstić information content (AvgIpc) is 2.97. The van der Waals surface area contributed by atoms with Gasteiger partial charge >= 0.3 is 6.03 Å². The minimum atomic E-state index is -3.17. The van der Waals surface area contributed by atoms with Crippen molar-refractivity contribution in [2.45, 2.75) is 19.0 Å². The molecule has 0 unspecified atom stereocenters. The lowest BCUT2D eigenvalue weighted by molar-refractivity contribution is 0.255. The highest BCUT2D eigenvalue weighted by Gasteiger charge is 2.54. The first-order valence-corrected chi connectivity index (χ1v) is 10.6. The summed E-state index contributed by atoms with van der Waals surface area (Å²) in [6.45, 7) is 1.96. The summed E-state index contributed by atoms with van der Waals surface area (Å²) in [7, 11) is -3.17. The number of anilines is 2. The van der Waals surface area contributed by atoms with Gasteiger partial charge in [0.15, 0.2) is 9.84 Å². The number of carbonyl (C=O) groups is 1. The molecule has 0 N–H and O–H groups in total. The topological polar surface area (TPSA) is 57.7 Å². The summed E-state index contributed by atoms with van der Waals surface area (Å²) in [5, 5.41) is 0.